The number of hydrogen-bond donors (Lipinski definition) is 1. The Morgan fingerprint density at radius 1 is 1.12 bits per heavy atom. The lowest BCUT2D eigenvalue weighted by atomic mass is 10.0. The van der Waals surface area contributed by atoms with Crippen molar-refractivity contribution in [2.45, 2.75) is 72.7 Å². The van der Waals surface area contributed by atoms with E-state index >= 15 is 0 Å². The second-order valence-electron chi connectivity index (χ2n) is 10.4. The standard InChI is InChI=1S/C31H39N3O6/c1-8-38-30(37)31(6,7)40-28-20(2)14-24(15-21(28)3)16-34(17-27(36)32-22(4)18-35)23(5)26-19-39-29(33-26)25-12-10-9-11-13-25/h9-15,18-19,22-23H,8,16-17H2,1-7H3,(H,32,36)/t22-,23?/m0/s1. The van der Waals surface area contributed by atoms with Crippen molar-refractivity contribution in [1.29, 1.82) is 0 Å². The van der Waals surface area contributed by atoms with Gasteiger partial charge in [0.2, 0.25) is 11.8 Å². The van der Waals surface area contributed by atoms with Crippen LogP contribution in [-0.4, -0.2) is 52.8 Å². The summed E-state index contributed by atoms with van der Waals surface area (Å²) in [4.78, 5) is 43.0. The minimum Gasteiger partial charge on any atom is -0.476 e. The van der Waals surface area contributed by atoms with Crippen LogP contribution in [0, 0.1) is 13.8 Å². The fourth-order valence-corrected chi connectivity index (χ4v) is 4.35. The quantitative estimate of drug-likeness (QED) is 0.236. The summed E-state index contributed by atoms with van der Waals surface area (Å²) in [7, 11) is 0. The van der Waals surface area contributed by atoms with Gasteiger partial charge in [-0.25, -0.2) is 9.78 Å². The number of carbonyl (C=O) groups excluding carboxylic acids is 3. The minimum atomic E-state index is -1.15. The molecule has 2 atom stereocenters. The largest absolute Gasteiger partial charge is 0.476 e. The predicted molar refractivity (Wildman–Crippen MR) is 152 cm³/mol. The number of amides is 1. The van der Waals surface area contributed by atoms with Crippen LogP contribution in [-0.2, 0) is 25.7 Å². The second kappa shape index (κ2) is 13.4. The van der Waals surface area contributed by atoms with Gasteiger partial charge in [0.1, 0.15) is 18.3 Å². The number of ether oxygens (including phenoxy) is 2. The van der Waals surface area contributed by atoms with Crippen molar-refractivity contribution in [3.63, 3.8) is 0 Å². The van der Waals surface area contributed by atoms with Gasteiger partial charge in [0, 0.05) is 12.1 Å². The van der Waals surface area contributed by atoms with Crippen LogP contribution in [0.5, 0.6) is 5.75 Å². The molecule has 0 saturated heterocycles. The first-order valence-electron chi connectivity index (χ1n) is 13.4. The molecule has 0 aliphatic carbocycles. The predicted octanol–water partition coefficient (Wildman–Crippen LogP) is 4.95. The molecule has 1 N–H and O–H groups in total. The highest BCUT2D eigenvalue weighted by Crippen LogP contribution is 2.31. The molecule has 0 radical (unpaired) electrons. The van der Waals surface area contributed by atoms with Gasteiger partial charge in [-0.1, -0.05) is 30.3 Å². The van der Waals surface area contributed by atoms with E-state index in [9.17, 15) is 14.4 Å². The van der Waals surface area contributed by atoms with Gasteiger partial charge in [0.25, 0.3) is 0 Å². The van der Waals surface area contributed by atoms with Crippen LogP contribution < -0.4 is 10.1 Å². The molecule has 9 heteroatoms. The Morgan fingerprint density at radius 2 is 1.77 bits per heavy atom. The van der Waals surface area contributed by atoms with E-state index in [1.165, 1.54) is 0 Å². The fourth-order valence-electron chi connectivity index (χ4n) is 4.35. The maximum atomic E-state index is 12.8. The van der Waals surface area contributed by atoms with E-state index in [4.69, 9.17) is 13.9 Å². The number of esters is 1. The van der Waals surface area contributed by atoms with Gasteiger partial charge in [-0.05, 0) is 77.3 Å². The Balaban J connectivity index is 1.88. The molecule has 3 rings (SSSR count). The molecule has 2 aromatic carbocycles. The van der Waals surface area contributed by atoms with Crippen LogP contribution >= 0.6 is 0 Å². The molecule has 0 fully saturated rings. The Labute approximate surface area is 235 Å². The van der Waals surface area contributed by atoms with E-state index in [0.29, 0.717) is 30.2 Å². The van der Waals surface area contributed by atoms with Crippen molar-refractivity contribution >= 4 is 18.2 Å². The van der Waals surface area contributed by atoms with Gasteiger partial charge in [-0.15, -0.1) is 0 Å². The van der Waals surface area contributed by atoms with Crippen molar-refractivity contribution in [1.82, 2.24) is 15.2 Å². The Kier molecular flexibility index (Phi) is 10.2. The average Bonchev–Trinajstić information content (AvgIpc) is 3.41. The average molecular weight is 550 g/mol. The van der Waals surface area contributed by atoms with Gasteiger partial charge in [0.15, 0.2) is 5.60 Å². The number of aldehydes is 1. The fraction of sp³-hybridized carbons (Fsp3) is 0.419. The molecule has 1 unspecified atom stereocenters. The van der Waals surface area contributed by atoms with Crippen LogP contribution in [0.3, 0.4) is 0 Å². The molecule has 1 amide bonds. The summed E-state index contributed by atoms with van der Waals surface area (Å²) in [6.07, 6.45) is 2.30. The van der Waals surface area contributed by atoms with E-state index in [1.807, 2.05) is 68.1 Å². The zero-order chi connectivity index (χ0) is 29.4. The summed E-state index contributed by atoms with van der Waals surface area (Å²) in [5.41, 5.74) is 3.05. The topological polar surface area (TPSA) is 111 Å². The van der Waals surface area contributed by atoms with Crippen molar-refractivity contribution in [2.24, 2.45) is 0 Å². The normalized spacial score (nSPS) is 13.0. The molecule has 0 spiro atoms. The number of oxazole rings is 1. The molecule has 40 heavy (non-hydrogen) atoms. The number of rotatable bonds is 13. The zero-order valence-electron chi connectivity index (χ0n) is 24.3. The monoisotopic (exact) mass is 549 g/mol. The molecule has 0 bridgehead atoms. The van der Waals surface area contributed by atoms with E-state index in [2.05, 4.69) is 10.3 Å². The molecule has 1 aromatic heterocycles. The number of nitrogens with one attached hydrogen (secondary N) is 1. The second-order valence-corrected chi connectivity index (χ2v) is 10.4. The summed E-state index contributed by atoms with van der Waals surface area (Å²) < 4.78 is 17.0. The number of carbonyl (C=O) groups is 3. The first-order chi connectivity index (χ1) is 18.9. The third-order valence-electron chi connectivity index (χ3n) is 6.49. The zero-order valence-corrected chi connectivity index (χ0v) is 24.3. The third kappa shape index (κ3) is 7.79. The lowest BCUT2D eigenvalue weighted by molar-refractivity contribution is -0.158. The Bertz CT molecular complexity index is 1290. The SMILES string of the molecule is CCOC(=O)C(C)(C)Oc1c(C)cc(CN(CC(=O)N[C@@H](C)C=O)C(C)c2coc(-c3ccccc3)n2)cc1C. The molecular weight excluding hydrogens is 510 g/mol. The van der Waals surface area contributed by atoms with Gasteiger partial charge in [-0.2, -0.15) is 0 Å². The molecule has 1 heterocycles. The first-order valence-corrected chi connectivity index (χ1v) is 13.4. The van der Waals surface area contributed by atoms with Crippen LogP contribution in [0.4, 0.5) is 0 Å². The highest BCUT2D eigenvalue weighted by molar-refractivity contribution is 5.81. The Morgan fingerprint density at radius 3 is 2.38 bits per heavy atom. The first kappa shape index (κ1) is 30.6. The maximum absolute atomic E-state index is 12.8. The molecule has 3 aromatic rings. The summed E-state index contributed by atoms with van der Waals surface area (Å²) in [6, 6.07) is 12.7. The summed E-state index contributed by atoms with van der Waals surface area (Å²) >= 11 is 0. The van der Waals surface area contributed by atoms with Crippen molar-refractivity contribution < 1.29 is 28.3 Å². The van der Waals surface area contributed by atoms with Crippen molar-refractivity contribution in [2.75, 3.05) is 13.2 Å². The van der Waals surface area contributed by atoms with Crippen LogP contribution in [0.2, 0.25) is 0 Å². The third-order valence-corrected chi connectivity index (χ3v) is 6.49. The molecule has 0 aliphatic heterocycles. The van der Waals surface area contributed by atoms with Crippen molar-refractivity contribution in [3.05, 3.63) is 71.1 Å². The van der Waals surface area contributed by atoms with Gasteiger partial charge in [-0.3, -0.25) is 9.69 Å². The molecule has 9 nitrogen and oxygen atoms in total. The van der Waals surface area contributed by atoms with Gasteiger partial charge in [0.05, 0.1) is 30.9 Å². The van der Waals surface area contributed by atoms with E-state index in [1.54, 1.807) is 34.0 Å². The highest BCUT2D eigenvalue weighted by atomic mass is 16.6. The molecule has 0 aliphatic rings. The number of aryl methyl sites for hydroxylation is 2. The highest BCUT2D eigenvalue weighted by Gasteiger charge is 2.33. The maximum Gasteiger partial charge on any atom is 0.349 e. The lowest BCUT2D eigenvalue weighted by Crippen LogP contribution is -2.42. The molecule has 0 saturated carbocycles. The smallest absolute Gasteiger partial charge is 0.349 e. The van der Waals surface area contributed by atoms with E-state index in [0.717, 1.165) is 22.3 Å². The van der Waals surface area contributed by atoms with E-state index < -0.39 is 17.6 Å². The van der Waals surface area contributed by atoms with E-state index in [-0.39, 0.29) is 25.1 Å². The number of aromatic nitrogens is 1. The lowest BCUT2D eigenvalue weighted by Gasteiger charge is -2.29. The number of nitrogens with zero attached hydrogens (tertiary/aromatic N) is 2. The van der Waals surface area contributed by atoms with Crippen LogP contribution in [0.1, 0.15) is 63.0 Å². The number of benzene rings is 2. The Hall–Kier alpha value is -3.98. The van der Waals surface area contributed by atoms with Crippen LogP contribution in [0.15, 0.2) is 53.1 Å². The van der Waals surface area contributed by atoms with Crippen LogP contribution in [0.25, 0.3) is 11.5 Å². The van der Waals surface area contributed by atoms with Gasteiger partial charge >= 0.3 is 5.97 Å². The minimum absolute atomic E-state index is 0.0408. The van der Waals surface area contributed by atoms with Crippen molar-refractivity contribution in [3.8, 4) is 17.2 Å². The summed E-state index contributed by atoms with van der Waals surface area (Å²) in [5, 5.41) is 2.71. The summed E-state index contributed by atoms with van der Waals surface area (Å²) in [5.74, 6) is 0.403. The number of hydrogen-bond acceptors (Lipinski definition) is 8. The molecule has 214 valence electrons. The molecular formula is C31H39N3O6. The summed E-state index contributed by atoms with van der Waals surface area (Å²) in [6.45, 7) is 13.3. The van der Waals surface area contributed by atoms with Gasteiger partial charge < -0.3 is 24.0 Å².